The second-order valence-corrected chi connectivity index (χ2v) is 13.4. The summed E-state index contributed by atoms with van der Waals surface area (Å²) >= 11 is 6.51. The first-order valence-electron chi connectivity index (χ1n) is 15.6. The molecule has 0 aliphatic carbocycles. The molecule has 2 aromatic heterocycles. The van der Waals surface area contributed by atoms with Gasteiger partial charge in [-0.3, -0.25) is 20.2 Å². The molecule has 0 aliphatic rings. The Morgan fingerprint density at radius 3 is 2.38 bits per heavy atom. The predicted molar refractivity (Wildman–Crippen MR) is 182 cm³/mol. The molecule has 268 valence electrons. The fraction of sp³-hybridized carbons (Fsp3) is 0.394. The highest BCUT2D eigenvalue weighted by Crippen LogP contribution is 2.32. The van der Waals surface area contributed by atoms with Crippen molar-refractivity contribution in [1.82, 2.24) is 40.5 Å². The minimum atomic E-state index is -2.81. The second-order valence-electron chi connectivity index (χ2n) is 13.0. The maximum Gasteiger partial charge on any atom is 0.407 e. The summed E-state index contributed by atoms with van der Waals surface area (Å²) in [6, 6.07) is 9.83. The molecule has 2 heterocycles. The number of amides is 2. The van der Waals surface area contributed by atoms with Crippen LogP contribution < -0.4 is 10.6 Å². The number of carbonyl (C=O) groups excluding carboxylic acids is 2. The standard InChI is InChI=1S/C33H40ClF2N9O5/c1-32(2,3)11-12-38-30(37)45(28(48)21-7-5-20(6-8-21)23-14-41-44(15-23)29(35)36)26(16-50-31(49)42-33(4,17-46)18-47)22-9-10-25(34)24(13-22)27-39-19-40-43-27/h5-10,13-15,19,26,29,46-47H,11-12,16-18H2,1-4H3,(H2,37,38)(H,42,49)(H,39,40,43)/t26-/m1/s1. The molecule has 0 unspecified atom stereocenters. The van der Waals surface area contributed by atoms with Crippen molar-refractivity contribution in [2.24, 2.45) is 5.41 Å². The number of ether oxygens (including phenoxy) is 1. The number of alkyl halides is 2. The number of H-pyrrole nitrogens is 1. The fourth-order valence-corrected chi connectivity index (χ4v) is 4.94. The summed E-state index contributed by atoms with van der Waals surface area (Å²) in [4.78, 5) is 32.6. The van der Waals surface area contributed by atoms with Crippen LogP contribution in [0.25, 0.3) is 22.5 Å². The number of benzene rings is 2. The molecule has 2 amide bonds. The van der Waals surface area contributed by atoms with Gasteiger partial charge in [-0.1, -0.05) is 50.6 Å². The van der Waals surface area contributed by atoms with Gasteiger partial charge in [-0.25, -0.2) is 14.5 Å². The number of hydrogen-bond donors (Lipinski definition) is 6. The number of halogens is 3. The zero-order chi connectivity index (χ0) is 36.6. The SMILES string of the molecule is CC(C)(C)CCNC(=N)N(C(=O)c1ccc(-c2cnn(C(F)F)c2)cc1)[C@H](COC(=O)NC(C)(CO)CO)c1ccc(Cl)c(-c2ncn[nH]2)c1. The maximum absolute atomic E-state index is 14.4. The molecule has 6 N–H and O–H groups in total. The van der Waals surface area contributed by atoms with Crippen LogP contribution in [0.2, 0.25) is 5.02 Å². The number of aromatic nitrogens is 5. The van der Waals surface area contributed by atoms with Crippen LogP contribution in [0.15, 0.2) is 61.2 Å². The maximum atomic E-state index is 14.4. The lowest BCUT2D eigenvalue weighted by Gasteiger charge is -2.33. The zero-order valence-electron chi connectivity index (χ0n) is 28.0. The van der Waals surface area contributed by atoms with E-state index in [1.807, 2.05) is 20.8 Å². The van der Waals surface area contributed by atoms with Crippen LogP contribution in [0.1, 0.15) is 62.6 Å². The summed E-state index contributed by atoms with van der Waals surface area (Å²) in [7, 11) is 0. The smallest absolute Gasteiger partial charge is 0.407 e. The number of aliphatic hydroxyl groups is 2. The molecule has 0 fully saturated rings. The molecular weight excluding hydrogens is 676 g/mol. The normalized spacial score (nSPS) is 12.4. The Morgan fingerprint density at radius 1 is 1.10 bits per heavy atom. The van der Waals surface area contributed by atoms with Gasteiger partial charge in [-0.15, -0.1) is 0 Å². The molecule has 50 heavy (non-hydrogen) atoms. The van der Waals surface area contributed by atoms with Gasteiger partial charge in [0.05, 0.1) is 36.0 Å². The molecule has 0 spiro atoms. The van der Waals surface area contributed by atoms with Gasteiger partial charge >= 0.3 is 12.6 Å². The van der Waals surface area contributed by atoms with Crippen molar-refractivity contribution < 1.29 is 33.3 Å². The lowest BCUT2D eigenvalue weighted by molar-refractivity contribution is 0.0566. The first kappa shape index (κ1) is 37.9. The van der Waals surface area contributed by atoms with Gasteiger partial charge in [0.1, 0.15) is 12.9 Å². The van der Waals surface area contributed by atoms with E-state index in [1.165, 1.54) is 37.8 Å². The first-order chi connectivity index (χ1) is 23.6. The average molecular weight is 716 g/mol. The van der Waals surface area contributed by atoms with Gasteiger partial charge in [-0.2, -0.15) is 19.0 Å². The van der Waals surface area contributed by atoms with Crippen molar-refractivity contribution in [3.63, 3.8) is 0 Å². The van der Waals surface area contributed by atoms with E-state index in [4.69, 9.17) is 21.7 Å². The third-order valence-corrected chi connectivity index (χ3v) is 8.05. The van der Waals surface area contributed by atoms with Crippen LogP contribution >= 0.6 is 11.6 Å². The Labute approximate surface area is 292 Å². The zero-order valence-corrected chi connectivity index (χ0v) is 28.7. The number of rotatable bonds is 13. The molecule has 4 aromatic rings. The van der Waals surface area contributed by atoms with Crippen molar-refractivity contribution in [2.75, 3.05) is 26.4 Å². The average Bonchev–Trinajstić information content (AvgIpc) is 3.80. The van der Waals surface area contributed by atoms with E-state index in [-0.39, 0.29) is 16.9 Å². The van der Waals surface area contributed by atoms with Gasteiger partial charge in [0.2, 0.25) is 0 Å². The number of hydrogen-bond acceptors (Lipinski definition) is 9. The molecular formula is C33H40ClF2N9O5. The monoisotopic (exact) mass is 715 g/mol. The molecule has 0 saturated heterocycles. The summed E-state index contributed by atoms with van der Waals surface area (Å²) in [6.07, 6.45) is 3.44. The molecule has 17 heteroatoms. The van der Waals surface area contributed by atoms with Crippen LogP contribution in [0, 0.1) is 10.8 Å². The van der Waals surface area contributed by atoms with E-state index in [9.17, 15) is 28.6 Å². The number of nitrogens with zero attached hydrogens (tertiary/aromatic N) is 5. The van der Waals surface area contributed by atoms with E-state index in [0.29, 0.717) is 50.7 Å². The van der Waals surface area contributed by atoms with E-state index in [0.717, 1.165) is 4.90 Å². The molecule has 0 radical (unpaired) electrons. The quantitative estimate of drug-likeness (QED) is 0.0816. The molecule has 0 aliphatic heterocycles. The number of aliphatic hydroxyl groups excluding tert-OH is 2. The van der Waals surface area contributed by atoms with Crippen LogP contribution in [0.3, 0.4) is 0 Å². The molecule has 14 nitrogen and oxygen atoms in total. The van der Waals surface area contributed by atoms with E-state index < -0.39 is 50.0 Å². The minimum Gasteiger partial charge on any atom is -0.447 e. The van der Waals surface area contributed by atoms with E-state index in [2.05, 4.69) is 30.9 Å². The van der Waals surface area contributed by atoms with E-state index >= 15 is 0 Å². The Morgan fingerprint density at radius 2 is 1.80 bits per heavy atom. The molecule has 2 aromatic carbocycles. The van der Waals surface area contributed by atoms with Gasteiger partial charge in [-0.05, 0) is 54.2 Å². The summed E-state index contributed by atoms with van der Waals surface area (Å²) in [6.45, 7) is 3.42. The number of alkyl carbamates (subject to hydrolysis) is 1. The predicted octanol–water partition coefficient (Wildman–Crippen LogP) is 5.00. The highest BCUT2D eigenvalue weighted by Gasteiger charge is 2.33. The molecule has 0 bridgehead atoms. The summed E-state index contributed by atoms with van der Waals surface area (Å²) in [5.74, 6) is -0.603. The Bertz CT molecular complexity index is 1760. The highest BCUT2D eigenvalue weighted by atomic mass is 35.5. The fourth-order valence-electron chi connectivity index (χ4n) is 4.73. The number of aromatic amines is 1. The number of guanidine groups is 1. The lowest BCUT2D eigenvalue weighted by atomic mass is 9.92. The Balaban J connectivity index is 1.76. The van der Waals surface area contributed by atoms with Crippen LogP contribution in [0.4, 0.5) is 13.6 Å². The first-order valence-corrected chi connectivity index (χ1v) is 15.9. The number of carbonyl (C=O) groups is 2. The Kier molecular flexibility index (Phi) is 12.3. The minimum absolute atomic E-state index is 0.0924. The second kappa shape index (κ2) is 16.2. The van der Waals surface area contributed by atoms with Crippen molar-refractivity contribution in [1.29, 1.82) is 5.41 Å². The van der Waals surface area contributed by atoms with Crippen molar-refractivity contribution in [2.45, 2.75) is 52.2 Å². The van der Waals surface area contributed by atoms with Crippen molar-refractivity contribution >= 4 is 29.6 Å². The third kappa shape index (κ3) is 9.61. The van der Waals surface area contributed by atoms with Crippen LogP contribution in [0.5, 0.6) is 0 Å². The Hall–Kier alpha value is -4.93. The highest BCUT2D eigenvalue weighted by molar-refractivity contribution is 6.33. The molecule has 1 atom stereocenters. The molecule has 4 rings (SSSR count). The van der Waals surface area contributed by atoms with Crippen LogP contribution in [-0.2, 0) is 4.74 Å². The topological polar surface area (TPSA) is 194 Å². The molecule has 0 saturated carbocycles. The van der Waals surface area contributed by atoms with Gasteiger partial charge in [0, 0.05) is 29.4 Å². The third-order valence-electron chi connectivity index (χ3n) is 7.72. The van der Waals surface area contributed by atoms with E-state index in [1.54, 1.807) is 30.3 Å². The van der Waals surface area contributed by atoms with Crippen LogP contribution in [-0.4, -0.2) is 89.9 Å². The van der Waals surface area contributed by atoms with Gasteiger partial charge in [0.25, 0.3) is 5.91 Å². The summed E-state index contributed by atoms with van der Waals surface area (Å²) < 4.78 is 32.3. The van der Waals surface area contributed by atoms with Crippen molar-refractivity contribution in [3.05, 3.63) is 77.3 Å². The summed E-state index contributed by atoms with van der Waals surface area (Å²) in [5.41, 5.74) is 0.435. The number of nitrogens with one attached hydrogen (secondary N) is 4. The summed E-state index contributed by atoms with van der Waals surface area (Å²) in [5, 5.41) is 44.5. The van der Waals surface area contributed by atoms with Gasteiger partial charge in [0.15, 0.2) is 11.8 Å². The lowest BCUT2D eigenvalue weighted by Crippen LogP contribution is -2.53. The largest absolute Gasteiger partial charge is 0.447 e. The van der Waals surface area contributed by atoms with Crippen molar-refractivity contribution in [3.8, 4) is 22.5 Å². The van der Waals surface area contributed by atoms with Gasteiger partial charge < -0.3 is 25.6 Å².